The molecule has 0 bridgehead atoms. The lowest BCUT2D eigenvalue weighted by Crippen LogP contribution is -2.47. The van der Waals surface area contributed by atoms with E-state index in [-0.39, 0.29) is 17.0 Å². The van der Waals surface area contributed by atoms with Gasteiger partial charge in [-0.2, -0.15) is 0 Å². The fraction of sp³-hybridized carbons (Fsp3) is 0.625. The quantitative estimate of drug-likeness (QED) is 0.553. The van der Waals surface area contributed by atoms with Crippen LogP contribution in [0.15, 0.2) is 0 Å². The highest BCUT2D eigenvalue weighted by molar-refractivity contribution is 6.10. The number of Topliss-reactive ketones (excluding diaryl/α,β-unsaturated/α-hetero) is 2. The molecule has 2 nitrogen and oxygen atoms in total. The third kappa shape index (κ3) is 2.82. The largest absolute Gasteiger partial charge is 0.298 e. The highest BCUT2D eigenvalue weighted by Gasteiger charge is 2.50. The second kappa shape index (κ2) is 5.40. The lowest BCUT2D eigenvalue weighted by molar-refractivity contribution is -0.147. The molecule has 0 aromatic carbocycles. The zero-order valence-corrected chi connectivity index (χ0v) is 11.6. The Bertz CT molecular complexity index is 431. The van der Waals surface area contributed by atoms with Gasteiger partial charge in [-0.25, -0.2) is 0 Å². The summed E-state index contributed by atoms with van der Waals surface area (Å²) in [6.07, 6.45) is 1.50. The molecule has 0 amide bonds. The third-order valence-electron chi connectivity index (χ3n) is 3.48. The molecule has 0 aromatic heterocycles. The molecular formula is C16H20O2. The van der Waals surface area contributed by atoms with Crippen LogP contribution in [0.4, 0.5) is 0 Å². The van der Waals surface area contributed by atoms with Crippen molar-refractivity contribution in [1.82, 2.24) is 0 Å². The first-order valence-electron chi connectivity index (χ1n) is 6.24. The molecule has 0 spiro atoms. The number of ketones is 2. The molecule has 0 aromatic rings. The highest BCUT2D eigenvalue weighted by atomic mass is 16.2. The zero-order chi connectivity index (χ0) is 13.8. The Labute approximate surface area is 110 Å². The molecule has 0 radical (unpaired) electrons. The first-order valence-corrected chi connectivity index (χ1v) is 6.24. The van der Waals surface area contributed by atoms with Crippen molar-refractivity contribution in [2.24, 2.45) is 10.8 Å². The summed E-state index contributed by atoms with van der Waals surface area (Å²) in [5.74, 6) is 11.4. The molecule has 2 heteroatoms. The molecule has 18 heavy (non-hydrogen) atoms. The average Bonchev–Trinajstić information content (AvgIpc) is 2.26. The molecule has 1 fully saturated rings. The number of carbonyl (C=O) groups is 2. The monoisotopic (exact) mass is 244 g/mol. The van der Waals surface area contributed by atoms with Crippen molar-refractivity contribution >= 4 is 11.6 Å². The Morgan fingerprint density at radius 3 is 1.67 bits per heavy atom. The van der Waals surface area contributed by atoms with E-state index in [0.29, 0.717) is 25.7 Å². The predicted molar refractivity (Wildman–Crippen MR) is 71.6 cm³/mol. The maximum atomic E-state index is 12.4. The average molecular weight is 244 g/mol. The van der Waals surface area contributed by atoms with Gasteiger partial charge in [0.2, 0.25) is 0 Å². The Hall–Kier alpha value is -1.54. The van der Waals surface area contributed by atoms with Crippen molar-refractivity contribution in [3.05, 3.63) is 0 Å². The summed E-state index contributed by atoms with van der Waals surface area (Å²) in [5.41, 5.74) is -1.20. The summed E-state index contributed by atoms with van der Waals surface area (Å²) in [6.45, 7) is 7.37. The standard InChI is InChI=1S/C16H20O2/c1-5-7-9-16(10-8-6-2)13(17)11-15(3,4)12-14(16)18/h9-12H2,1-4H3. The first-order chi connectivity index (χ1) is 8.38. The second-order valence-corrected chi connectivity index (χ2v) is 5.65. The molecule has 0 N–H and O–H groups in total. The number of hydrogen-bond donors (Lipinski definition) is 0. The van der Waals surface area contributed by atoms with Crippen LogP contribution in [-0.2, 0) is 9.59 Å². The maximum Gasteiger partial charge on any atom is 0.148 e. The van der Waals surface area contributed by atoms with Crippen LogP contribution in [0.3, 0.4) is 0 Å². The topological polar surface area (TPSA) is 34.1 Å². The molecule has 1 aliphatic carbocycles. The van der Waals surface area contributed by atoms with Crippen LogP contribution in [0.5, 0.6) is 0 Å². The summed E-state index contributed by atoms with van der Waals surface area (Å²) in [5, 5.41) is 0. The van der Waals surface area contributed by atoms with E-state index in [9.17, 15) is 9.59 Å². The van der Waals surface area contributed by atoms with Crippen LogP contribution in [0.2, 0.25) is 0 Å². The van der Waals surface area contributed by atoms with Gasteiger partial charge in [0, 0.05) is 25.7 Å². The fourth-order valence-corrected chi connectivity index (χ4v) is 2.36. The first kappa shape index (κ1) is 14.5. The molecule has 0 saturated heterocycles. The Kier molecular flexibility index (Phi) is 4.36. The van der Waals surface area contributed by atoms with Crippen LogP contribution in [0.25, 0.3) is 0 Å². The third-order valence-corrected chi connectivity index (χ3v) is 3.48. The Morgan fingerprint density at radius 2 is 1.33 bits per heavy atom. The number of rotatable bonds is 2. The van der Waals surface area contributed by atoms with E-state index in [2.05, 4.69) is 23.7 Å². The van der Waals surface area contributed by atoms with Gasteiger partial charge in [0.25, 0.3) is 0 Å². The van der Waals surface area contributed by atoms with Gasteiger partial charge in [0.15, 0.2) is 0 Å². The van der Waals surface area contributed by atoms with Crippen LogP contribution in [-0.4, -0.2) is 11.6 Å². The van der Waals surface area contributed by atoms with Crippen LogP contribution < -0.4 is 0 Å². The lowest BCUT2D eigenvalue weighted by atomic mass is 9.61. The van der Waals surface area contributed by atoms with E-state index < -0.39 is 5.41 Å². The van der Waals surface area contributed by atoms with Gasteiger partial charge in [-0.3, -0.25) is 9.59 Å². The van der Waals surface area contributed by atoms with Gasteiger partial charge in [0.05, 0.1) is 0 Å². The van der Waals surface area contributed by atoms with E-state index in [0.717, 1.165) is 0 Å². The minimum Gasteiger partial charge on any atom is -0.298 e. The zero-order valence-electron chi connectivity index (χ0n) is 11.6. The van der Waals surface area contributed by atoms with Crippen molar-refractivity contribution in [2.75, 3.05) is 0 Å². The molecule has 96 valence electrons. The van der Waals surface area contributed by atoms with Gasteiger partial charge in [-0.05, 0) is 19.3 Å². The van der Waals surface area contributed by atoms with Crippen LogP contribution >= 0.6 is 0 Å². The summed E-state index contributed by atoms with van der Waals surface area (Å²) in [6, 6.07) is 0. The highest BCUT2D eigenvalue weighted by Crippen LogP contribution is 2.43. The van der Waals surface area contributed by atoms with Gasteiger partial charge >= 0.3 is 0 Å². The van der Waals surface area contributed by atoms with Crippen molar-refractivity contribution in [3.63, 3.8) is 0 Å². The molecular weight excluding hydrogens is 224 g/mol. The molecule has 0 unspecified atom stereocenters. The van der Waals surface area contributed by atoms with E-state index >= 15 is 0 Å². The normalized spacial score (nSPS) is 20.4. The van der Waals surface area contributed by atoms with Gasteiger partial charge in [-0.15, -0.1) is 23.7 Å². The SMILES string of the molecule is CC#CCC1(CC#CC)C(=O)CC(C)(C)CC1=O. The van der Waals surface area contributed by atoms with E-state index in [4.69, 9.17) is 0 Å². The van der Waals surface area contributed by atoms with E-state index in [1.54, 1.807) is 13.8 Å². The molecule has 0 aliphatic heterocycles. The number of carbonyl (C=O) groups excluding carboxylic acids is 2. The van der Waals surface area contributed by atoms with Crippen molar-refractivity contribution < 1.29 is 9.59 Å². The van der Waals surface area contributed by atoms with Crippen LogP contribution in [0, 0.1) is 34.5 Å². The minimum absolute atomic E-state index is 0.00856. The van der Waals surface area contributed by atoms with Crippen molar-refractivity contribution in [1.29, 1.82) is 0 Å². The summed E-state index contributed by atoms with van der Waals surface area (Å²) >= 11 is 0. The number of hydrogen-bond acceptors (Lipinski definition) is 2. The van der Waals surface area contributed by atoms with Crippen molar-refractivity contribution in [2.45, 2.75) is 53.4 Å². The van der Waals surface area contributed by atoms with Gasteiger partial charge in [0.1, 0.15) is 17.0 Å². The maximum absolute atomic E-state index is 12.4. The predicted octanol–water partition coefficient (Wildman–Crippen LogP) is 2.76. The van der Waals surface area contributed by atoms with Crippen LogP contribution in [0.1, 0.15) is 53.4 Å². The Morgan fingerprint density at radius 1 is 0.944 bits per heavy atom. The van der Waals surface area contributed by atoms with Crippen molar-refractivity contribution in [3.8, 4) is 23.7 Å². The summed E-state index contributed by atoms with van der Waals surface area (Å²) in [7, 11) is 0. The summed E-state index contributed by atoms with van der Waals surface area (Å²) in [4.78, 5) is 24.8. The second-order valence-electron chi connectivity index (χ2n) is 5.65. The van der Waals surface area contributed by atoms with Gasteiger partial charge < -0.3 is 0 Å². The molecule has 0 heterocycles. The van der Waals surface area contributed by atoms with E-state index in [1.165, 1.54) is 0 Å². The smallest absolute Gasteiger partial charge is 0.148 e. The molecule has 1 saturated carbocycles. The lowest BCUT2D eigenvalue weighted by Gasteiger charge is -2.39. The molecule has 0 atom stereocenters. The molecule has 1 rings (SSSR count). The van der Waals surface area contributed by atoms with Gasteiger partial charge in [-0.1, -0.05) is 13.8 Å². The van der Waals surface area contributed by atoms with E-state index in [1.807, 2.05) is 13.8 Å². The molecule has 1 aliphatic rings. The fourth-order valence-electron chi connectivity index (χ4n) is 2.36. The minimum atomic E-state index is -0.971. The Balaban J connectivity index is 3.13. The summed E-state index contributed by atoms with van der Waals surface area (Å²) < 4.78 is 0.